The van der Waals surface area contributed by atoms with Crippen molar-refractivity contribution < 1.29 is 0 Å². The van der Waals surface area contributed by atoms with E-state index < -0.39 is 0 Å². The molecule has 1 atom stereocenters. The molecule has 2 rings (SSSR count). The van der Waals surface area contributed by atoms with Gasteiger partial charge in [-0.1, -0.05) is 59.6 Å². The van der Waals surface area contributed by atoms with Gasteiger partial charge in [0.2, 0.25) is 0 Å². The summed E-state index contributed by atoms with van der Waals surface area (Å²) in [6.45, 7) is 0. The van der Waals surface area contributed by atoms with Gasteiger partial charge in [0.25, 0.3) is 0 Å². The van der Waals surface area contributed by atoms with Crippen LogP contribution in [0.2, 0.25) is 10.0 Å². The maximum Gasteiger partial charge on any atom is 0.0669 e. The highest BCUT2D eigenvalue weighted by molar-refractivity contribution is 7.28. The van der Waals surface area contributed by atoms with E-state index in [1.165, 1.54) is 0 Å². The Kier molecular flexibility index (Phi) is 3.31. The standard InChI is InChI=1S/C12H9Cl2P/c13-10-7-6-9(12(15)11(10)14)8-4-2-1-3-5-8/h1-7H,15H2. The second kappa shape index (κ2) is 4.53. The minimum absolute atomic E-state index is 0.585. The molecule has 3 heteroatoms. The highest BCUT2D eigenvalue weighted by Crippen LogP contribution is 2.28. The Bertz CT molecular complexity index is 480. The Morgan fingerprint density at radius 1 is 0.867 bits per heavy atom. The Hall–Kier alpha value is -0.550. The molecule has 1 unspecified atom stereocenters. The van der Waals surface area contributed by atoms with Crippen molar-refractivity contribution in [2.45, 2.75) is 0 Å². The van der Waals surface area contributed by atoms with Gasteiger partial charge in [0, 0.05) is 0 Å². The predicted molar refractivity (Wildman–Crippen MR) is 71.2 cm³/mol. The van der Waals surface area contributed by atoms with Gasteiger partial charge in [0.1, 0.15) is 0 Å². The number of hydrogen-bond donors (Lipinski definition) is 0. The summed E-state index contributed by atoms with van der Waals surface area (Å²) < 4.78 is 0. The minimum Gasteiger partial charge on any atom is -0.103 e. The molecule has 2 aromatic carbocycles. The van der Waals surface area contributed by atoms with Gasteiger partial charge in [-0.3, -0.25) is 0 Å². The molecule has 0 aromatic heterocycles. The van der Waals surface area contributed by atoms with Crippen molar-refractivity contribution in [1.29, 1.82) is 0 Å². The van der Waals surface area contributed by atoms with Crippen molar-refractivity contribution in [3.8, 4) is 11.1 Å². The van der Waals surface area contributed by atoms with Crippen LogP contribution in [0.25, 0.3) is 11.1 Å². The topological polar surface area (TPSA) is 0 Å². The lowest BCUT2D eigenvalue weighted by Crippen LogP contribution is -1.98. The van der Waals surface area contributed by atoms with Gasteiger partial charge in [-0.2, -0.15) is 0 Å². The molecule has 0 aliphatic heterocycles. The van der Waals surface area contributed by atoms with Crippen LogP contribution in [0, 0.1) is 0 Å². The molecule has 2 aromatic rings. The van der Waals surface area contributed by atoms with Gasteiger partial charge >= 0.3 is 0 Å². The third kappa shape index (κ3) is 2.18. The monoisotopic (exact) mass is 254 g/mol. The number of rotatable bonds is 1. The van der Waals surface area contributed by atoms with Crippen molar-refractivity contribution in [3.63, 3.8) is 0 Å². The van der Waals surface area contributed by atoms with Crippen LogP contribution >= 0.6 is 32.4 Å². The molecule has 0 N–H and O–H groups in total. The van der Waals surface area contributed by atoms with Gasteiger partial charge in [-0.25, -0.2) is 0 Å². The zero-order valence-corrected chi connectivity index (χ0v) is 10.5. The minimum atomic E-state index is 0.585. The second-order valence-corrected chi connectivity index (χ2v) is 4.55. The summed E-state index contributed by atoms with van der Waals surface area (Å²) in [6, 6.07) is 13.9. The Labute approximate surface area is 101 Å². The molecule has 0 bridgehead atoms. The average Bonchev–Trinajstić information content (AvgIpc) is 2.27. The van der Waals surface area contributed by atoms with Crippen molar-refractivity contribution >= 4 is 37.7 Å². The molecule has 0 saturated heterocycles. The summed E-state index contributed by atoms with van der Waals surface area (Å²) >= 11 is 12.0. The third-order valence-electron chi connectivity index (χ3n) is 2.22. The highest BCUT2D eigenvalue weighted by Gasteiger charge is 2.07. The van der Waals surface area contributed by atoms with Gasteiger partial charge < -0.3 is 0 Å². The molecule has 0 fully saturated rings. The third-order valence-corrected chi connectivity index (χ3v) is 3.82. The quantitative estimate of drug-likeness (QED) is 0.671. The van der Waals surface area contributed by atoms with Gasteiger partial charge in [-0.15, -0.1) is 9.24 Å². The lowest BCUT2D eigenvalue weighted by atomic mass is 10.1. The first-order chi connectivity index (χ1) is 7.20. The van der Waals surface area contributed by atoms with Gasteiger partial charge in [-0.05, 0) is 22.5 Å². The van der Waals surface area contributed by atoms with Crippen molar-refractivity contribution in [2.75, 3.05) is 0 Å². The molecular weight excluding hydrogens is 246 g/mol. The first kappa shape index (κ1) is 11.0. The fourth-order valence-corrected chi connectivity index (χ4v) is 2.28. The van der Waals surface area contributed by atoms with Crippen LogP contribution in [-0.4, -0.2) is 0 Å². The van der Waals surface area contributed by atoms with Crippen LogP contribution in [0.5, 0.6) is 0 Å². The van der Waals surface area contributed by atoms with Crippen molar-refractivity contribution in [1.82, 2.24) is 0 Å². The number of halogens is 2. The first-order valence-electron chi connectivity index (χ1n) is 4.49. The van der Waals surface area contributed by atoms with Gasteiger partial charge in [0.05, 0.1) is 10.0 Å². The summed E-state index contributed by atoms with van der Waals surface area (Å²) in [7, 11) is 2.64. The van der Waals surface area contributed by atoms with Crippen molar-refractivity contribution in [2.24, 2.45) is 0 Å². The molecule has 0 aliphatic rings. The molecule has 0 radical (unpaired) electrons. The molecule has 0 amide bonds. The molecule has 76 valence electrons. The first-order valence-corrected chi connectivity index (χ1v) is 5.82. The van der Waals surface area contributed by atoms with Crippen LogP contribution in [0.4, 0.5) is 0 Å². The maximum absolute atomic E-state index is 6.08. The van der Waals surface area contributed by atoms with Crippen LogP contribution in [0.3, 0.4) is 0 Å². The van der Waals surface area contributed by atoms with E-state index in [0.717, 1.165) is 16.4 Å². The number of hydrogen-bond acceptors (Lipinski definition) is 0. The fourth-order valence-electron chi connectivity index (χ4n) is 1.44. The Balaban J connectivity index is 2.60. The molecule has 0 saturated carbocycles. The molecule has 0 nitrogen and oxygen atoms in total. The second-order valence-electron chi connectivity index (χ2n) is 3.19. The van der Waals surface area contributed by atoms with Crippen molar-refractivity contribution in [3.05, 3.63) is 52.5 Å². The Morgan fingerprint density at radius 2 is 1.53 bits per heavy atom. The lowest BCUT2D eigenvalue weighted by Gasteiger charge is -2.08. The van der Waals surface area contributed by atoms with E-state index in [1.807, 2.05) is 42.5 Å². The predicted octanol–water partition coefficient (Wildman–Crippen LogP) is 4.16. The van der Waals surface area contributed by atoms with Crippen LogP contribution in [-0.2, 0) is 0 Å². The smallest absolute Gasteiger partial charge is 0.0669 e. The summed E-state index contributed by atoms with van der Waals surface area (Å²) in [4.78, 5) is 0. The van der Waals surface area contributed by atoms with E-state index in [4.69, 9.17) is 23.2 Å². The van der Waals surface area contributed by atoms with E-state index in [1.54, 1.807) is 0 Å². The summed E-state index contributed by atoms with van der Waals surface area (Å²) in [5, 5.41) is 2.12. The lowest BCUT2D eigenvalue weighted by molar-refractivity contribution is 1.65. The van der Waals surface area contributed by atoms with E-state index in [0.29, 0.717) is 10.0 Å². The van der Waals surface area contributed by atoms with E-state index in [9.17, 15) is 0 Å². The molecule has 0 aliphatic carbocycles. The van der Waals surface area contributed by atoms with E-state index in [-0.39, 0.29) is 0 Å². The average molecular weight is 255 g/mol. The SMILES string of the molecule is Pc1c(-c2ccccc2)ccc(Cl)c1Cl. The summed E-state index contributed by atoms with van der Waals surface area (Å²) in [5.74, 6) is 0. The molecule has 0 spiro atoms. The zero-order chi connectivity index (χ0) is 10.8. The van der Waals surface area contributed by atoms with E-state index >= 15 is 0 Å². The van der Waals surface area contributed by atoms with Crippen LogP contribution < -0.4 is 5.30 Å². The van der Waals surface area contributed by atoms with E-state index in [2.05, 4.69) is 9.24 Å². The van der Waals surface area contributed by atoms with Crippen LogP contribution in [0.15, 0.2) is 42.5 Å². The molecular formula is C12H9Cl2P. The van der Waals surface area contributed by atoms with Gasteiger partial charge in [0.15, 0.2) is 0 Å². The number of benzene rings is 2. The molecule has 15 heavy (non-hydrogen) atoms. The zero-order valence-electron chi connectivity index (χ0n) is 7.87. The van der Waals surface area contributed by atoms with Crippen LogP contribution in [0.1, 0.15) is 0 Å². The summed E-state index contributed by atoms with van der Waals surface area (Å²) in [5.41, 5.74) is 2.23. The summed E-state index contributed by atoms with van der Waals surface area (Å²) in [6.07, 6.45) is 0. The Morgan fingerprint density at radius 3 is 2.20 bits per heavy atom. The normalized spacial score (nSPS) is 10.3. The fraction of sp³-hybridized carbons (Fsp3) is 0. The highest BCUT2D eigenvalue weighted by atomic mass is 35.5. The molecule has 0 heterocycles. The largest absolute Gasteiger partial charge is 0.103 e. The maximum atomic E-state index is 6.08.